The predicted molar refractivity (Wildman–Crippen MR) is 64.1 cm³/mol. The molecule has 2 heterocycles. The molecule has 86 valence electrons. The topological polar surface area (TPSA) is 30.1 Å². The van der Waals surface area contributed by atoms with Gasteiger partial charge in [-0.25, -0.2) is 0 Å². The highest BCUT2D eigenvalue weighted by molar-refractivity contribution is 5.09. The van der Waals surface area contributed by atoms with E-state index in [-0.39, 0.29) is 0 Å². The summed E-state index contributed by atoms with van der Waals surface area (Å²) >= 11 is 0. The molecule has 2 aromatic rings. The van der Waals surface area contributed by atoms with Crippen LogP contribution in [-0.2, 0) is 20.0 Å². The van der Waals surface area contributed by atoms with Crippen LogP contribution in [0.25, 0.3) is 0 Å². The number of nitrogens with zero attached hydrogens (tertiary/aromatic N) is 1. The number of rotatable bonds is 5. The quantitative estimate of drug-likeness (QED) is 0.835. The second-order valence-corrected chi connectivity index (χ2v) is 4.25. The lowest BCUT2D eigenvalue weighted by Crippen LogP contribution is -2.27. The zero-order chi connectivity index (χ0) is 11.4. The highest BCUT2D eigenvalue weighted by atomic mass is 16.3. The molecule has 0 saturated heterocycles. The Kier molecular flexibility index (Phi) is 3.47. The van der Waals surface area contributed by atoms with Gasteiger partial charge in [0.25, 0.3) is 0 Å². The SMILES string of the molecule is CC(Cc1ccco1)NCc1ccn(C)c1. The van der Waals surface area contributed by atoms with Gasteiger partial charge in [-0.2, -0.15) is 0 Å². The summed E-state index contributed by atoms with van der Waals surface area (Å²) in [5.41, 5.74) is 1.31. The van der Waals surface area contributed by atoms with E-state index >= 15 is 0 Å². The molecule has 0 spiro atoms. The molecule has 0 saturated carbocycles. The molecular formula is C13H18N2O. The maximum absolute atomic E-state index is 5.32. The molecule has 3 heteroatoms. The maximum atomic E-state index is 5.32. The minimum atomic E-state index is 0.423. The average molecular weight is 218 g/mol. The van der Waals surface area contributed by atoms with Gasteiger partial charge in [-0.15, -0.1) is 0 Å². The van der Waals surface area contributed by atoms with Crippen molar-refractivity contribution < 1.29 is 4.42 Å². The van der Waals surface area contributed by atoms with Gasteiger partial charge in [0.2, 0.25) is 0 Å². The molecule has 2 aromatic heterocycles. The van der Waals surface area contributed by atoms with E-state index < -0.39 is 0 Å². The van der Waals surface area contributed by atoms with Crippen molar-refractivity contribution in [3.63, 3.8) is 0 Å². The normalized spacial score (nSPS) is 12.9. The summed E-state index contributed by atoms with van der Waals surface area (Å²) < 4.78 is 7.38. The van der Waals surface area contributed by atoms with Gasteiger partial charge >= 0.3 is 0 Å². The molecule has 0 radical (unpaired) electrons. The first-order valence-corrected chi connectivity index (χ1v) is 5.60. The average Bonchev–Trinajstić information content (AvgIpc) is 2.87. The predicted octanol–water partition coefficient (Wildman–Crippen LogP) is 2.34. The first kappa shape index (κ1) is 11.0. The summed E-state index contributed by atoms with van der Waals surface area (Å²) in [5.74, 6) is 1.04. The van der Waals surface area contributed by atoms with Crippen LogP contribution in [0.1, 0.15) is 18.2 Å². The van der Waals surface area contributed by atoms with Gasteiger partial charge in [0.1, 0.15) is 5.76 Å². The zero-order valence-electron chi connectivity index (χ0n) is 9.81. The molecule has 0 aliphatic rings. The van der Waals surface area contributed by atoms with E-state index in [9.17, 15) is 0 Å². The standard InChI is InChI=1S/C13H18N2O/c1-11(8-13-4-3-7-16-13)14-9-12-5-6-15(2)10-12/h3-7,10-11,14H,8-9H2,1-2H3. The van der Waals surface area contributed by atoms with E-state index in [0.717, 1.165) is 18.7 Å². The molecule has 1 atom stereocenters. The molecule has 3 nitrogen and oxygen atoms in total. The van der Waals surface area contributed by atoms with Crippen LogP contribution in [-0.4, -0.2) is 10.6 Å². The molecule has 1 N–H and O–H groups in total. The Morgan fingerprint density at radius 3 is 2.94 bits per heavy atom. The fourth-order valence-corrected chi connectivity index (χ4v) is 1.76. The molecule has 0 amide bonds. The van der Waals surface area contributed by atoms with Crippen molar-refractivity contribution in [2.45, 2.75) is 25.9 Å². The molecule has 0 fully saturated rings. The molecule has 2 rings (SSSR count). The second kappa shape index (κ2) is 5.03. The first-order valence-electron chi connectivity index (χ1n) is 5.60. The summed E-state index contributed by atoms with van der Waals surface area (Å²) in [4.78, 5) is 0. The smallest absolute Gasteiger partial charge is 0.105 e. The molecule has 1 unspecified atom stereocenters. The van der Waals surface area contributed by atoms with Crippen molar-refractivity contribution in [2.75, 3.05) is 0 Å². The minimum absolute atomic E-state index is 0.423. The monoisotopic (exact) mass is 218 g/mol. The Bertz CT molecular complexity index is 417. The van der Waals surface area contributed by atoms with Crippen LogP contribution in [0.3, 0.4) is 0 Å². The minimum Gasteiger partial charge on any atom is -0.469 e. The molecule has 0 aromatic carbocycles. The Balaban J connectivity index is 1.77. The zero-order valence-corrected chi connectivity index (χ0v) is 9.81. The van der Waals surface area contributed by atoms with Crippen molar-refractivity contribution in [1.82, 2.24) is 9.88 Å². The fourth-order valence-electron chi connectivity index (χ4n) is 1.76. The number of aromatic nitrogens is 1. The van der Waals surface area contributed by atoms with Gasteiger partial charge in [0, 0.05) is 38.4 Å². The highest BCUT2D eigenvalue weighted by Crippen LogP contribution is 2.05. The van der Waals surface area contributed by atoms with Crippen molar-refractivity contribution >= 4 is 0 Å². The van der Waals surface area contributed by atoms with Crippen molar-refractivity contribution in [2.24, 2.45) is 7.05 Å². The molecular weight excluding hydrogens is 200 g/mol. The van der Waals surface area contributed by atoms with Gasteiger partial charge < -0.3 is 14.3 Å². The van der Waals surface area contributed by atoms with Gasteiger partial charge in [-0.05, 0) is 30.7 Å². The van der Waals surface area contributed by atoms with Crippen LogP contribution >= 0.6 is 0 Å². The summed E-state index contributed by atoms with van der Waals surface area (Å²) in [7, 11) is 2.04. The van der Waals surface area contributed by atoms with E-state index in [2.05, 4.69) is 35.3 Å². The summed E-state index contributed by atoms with van der Waals surface area (Å²) in [5, 5.41) is 3.48. The van der Waals surface area contributed by atoms with Crippen LogP contribution < -0.4 is 5.32 Å². The third kappa shape index (κ3) is 3.00. The molecule has 16 heavy (non-hydrogen) atoms. The van der Waals surface area contributed by atoms with Crippen molar-refractivity contribution in [1.29, 1.82) is 0 Å². The Morgan fingerprint density at radius 2 is 2.31 bits per heavy atom. The van der Waals surface area contributed by atoms with Gasteiger partial charge in [0.05, 0.1) is 6.26 Å². The van der Waals surface area contributed by atoms with Crippen molar-refractivity contribution in [3.05, 3.63) is 48.2 Å². The first-order chi connectivity index (χ1) is 7.74. The molecule has 0 aliphatic carbocycles. The van der Waals surface area contributed by atoms with E-state index in [0.29, 0.717) is 6.04 Å². The lowest BCUT2D eigenvalue weighted by molar-refractivity contribution is 0.456. The Hall–Kier alpha value is -1.48. The van der Waals surface area contributed by atoms with Gasteiger partial charge in [-0.1, -0.05) is 0 Å². The summed E-state index contributed by atoms with van der Waals surface area (Å²) in [6.45, 7) is 3.08. The van der Waals surface area contributed by atoms with E-state index in [4.69, 9.17) is 4.42 Å². The van der Waals surface area contributed by atoms with E-state index in [1.807, 2.05) is 19.2 Å². The van der Waals surface area contributed by atoms with E-state index in [1.54, 1.807) is 6.26 Å². The number of hydrogen-bond acceptors (Lipinski definition) is 2. The van der Waals surface area contributed by atoms with Crippen LogP contribution in [0, 0.1) is 0 Å². The number of aryl methyl sites for hydroxylation is 1. The third-order valence-corrected chi connectivity index (χ3v) is 2.64. The summed E-state index contributed by atoms with van der Waals surface area (Å²) in [6.07, 6.45) is 6.85. The molecule has 0 bridgehead atoms. The van der Waals surface area contributed by atoms with E-state index in [1.165, 1.54) is 5.56 Å². The highest BCUT2D eigenvalue weighted by Gasteiger charge is 2.05. The van der Waals surface area contributed by atoms with Crippen LogP contribution in [0.5, 0.6) is 0 Å². The van der Waals surface area contributed by atoms with Gasteiger partial charge in [0.15, 0.2) is 0 Å². The second-order valence-electron chi connectivity index (χ2n) is 4.25. The largest absolute Gasteiger partial charge is 0.469 e. The lowest BCUT2D eigenvalue weighted by Gasteiger charge is -2.11. The number of nitrogens with one attached hydrogen (secondary N) is 1. The third-order valence-electron chi connectivity index (χ3n) is 2.64. The maximum Gasteiger partial charge on any atom is 0.105 e. The molecule has 0 aliphatic heterocycles. The van der Waals surface area contributed by atoms with Crippen LogP contribution in [0.2, 0.25) is 0 Å². The lowest BCUT2D eigenvalue weighted by atomic mass is 10.2. The Labute approximate surface area is 96.1 Å². The van der Waals surface area contributed by atoms with Crippen LogP contribution in [0.15, 0.2) is 41.3 Å². The fraction of sp³-hybridized carbons (Fsp3) is 0.385. The Morgan fingerprint density at radius 1 is 1.44 bits per heavy atom. The van der Waals surface area contributed by atoms with Crippen LogP contribution in [0.4, 0.5) is 0 Å². The van der Waals surface area contributed by atoms with Crippen molar-refractivity contribution in [3.8, 4) is 0 Å². The number of furan rings is 1. The summed E-state index contributed by atoms with van der Waals surface area (Å²) in [6, 6.07) is 6.50. The number of hydrogen-bond donors (Lipinski definition) is 1. The van der Waals surface area contributed by atoms with Gasteiger partial charge in [-0.3, -0.25) is 0 Å².